The lowest BCUT2D eigenvalue weighted by Gasteiger charge is -2.01. The van der Waals surface area contributed by atoms with Crippen molar-refractivity contribution < 1.29 is 14.3 Å². The van der Waals surface area contributed by atoms with Gasteiger partial charge in [0.15, 0.2) is 0 Å². The molecule has 0 N–H and O–H groups in total. The van der Waals surface area contributed by atoms with Gasteiger partial charge < -0.3 is 9.47 Å². The molecule has 1 aromatic rings. The average molecular weight is 293 g/mol. The third kappa shape index (κ3) is 2.83. The van der Waals surface area contributed by atoms with Gasteiger partial charge in [0.05, 0.1) is 12.7 Å². The highest BCUT2D eigenvalue weighted by atomic mass is 127. The highest BCUT2D eigenvalue weighted by Crippen LogP contribution is 2.08. The zero-order valence-electron chi connectivity index (χ0n) is 6.99. The number of alkyl halides is 1. The number of aromatic nitrogens is 1. The summed E-state index contributed by atoms with van der Waals surface area (Å²) in [5, 5.41) is 0. The SMILES string of the molecule is COC(=O)c1ccc(OCI)nc1. The second-order valence-electron chi connectivity index (χ2n) is 2.13. The Morgan fingerprint density at radius 2 is 2.38 bits per heavy atom. The van der Waals surface area contributed by atoms with Crippen LogP contribution in [-0.4, -0.2) is 22.7 Å². The van der Waals surface area contributed by atoms with Crippen molar-refractivity contribution >= 4 is 28.6 Å². The van der Waals surface area contributed by atoms with Gasteiger partial charge in [0.2, 0.25) is 5.88 Å². The highest BCUT2D eigenvalue weighted by molar-refractivity contribution is 14.1. The summed E-state index contributed by atoms with van der Waals surface area (Å²) in [5.74, 6) is 0.107. The molecule has 0 aliphatic carbocycles. The predicted molar refractivity (Wildman–Crippen MR) is 55.1 cm³/mol. The van der Waals surface area contributed by atoms with Crippen LogP contribution in [0.1, 0.15) is 10.4 Å². The van der Waals surface area contributed by atoms with Crippen LogP contribution in [0.4, 0.5) is 0 Å². The standard InChI is InChI=1S/C8H8INO3/c1-12-8(11)6-2-3-7(10-4-6)13-5-9/h2-4H,5H2,1H3. The van der Waals surface area contributed by atoms with Crippen LogP contribution in [0.25, 0.3) is 0 Å². The third-order valence-electron chi connectivity index (χ3n) is 1.36. The molecule has 0 saturated carbocycles. The first-order chi connectivity index (χ1) is 6.27. The largest absolute Gasteiger partial charge is 0.467 e. The quantitative estimate of drug-likeness (QED) is 0.483. The molecule has 0 spiro atoms. The Morgan fingerprint density at radius 3 is 2.85 bits per heavy atom. The fourth-order valence-electron chi connectivity index (χ4n) is 0.760. The minimum atomic E-state index is -0.395. The van der Waals surface area contributed by atoms with E-state index in [0.717, 1.165) is 0 Å². The van der Waals surface area contributed by atoms with Crippen LogP contribution in [0, 0.1) is 0 Å². The Kier molecular flexibility index (Phi) is 3.94. The first kappa shape index (κ1) is 10.2. The molecule has 0 saturated heterocycles. The summed E-state index contributed by atoms with van der Waals surface area (Å²) in [6.07, 6.45) is 1.42. The molecule has 70 valence electrons. The Labute approximate surface area is 89.4 Å². The van der Waals surface area contributed by atoms with Crippen LogP contribution in [0.2, 0.25) is 0 Å². The molecule has 5 heteroatoms. The fourth-order valence-corrected chi connectivity index (χ4v) is 1.08. The van der Waals surface area contributed by atoms with Crippen LogP contribution in [0.5, 0.6) is 5.88 Å². The lowest BCUT2D eigenvalue weighted by molar-refractivity contribution is 0.0600. The summed E-state index contributed by atoms with van der Waals surface area (Å²) >= 11 is 2.07. The molecular formula is C8H8INO3. The van der Waals surface area contributed by atoms with E-state index in [0.29, 0.717) is 16.1 Å². The summed E-state index contributed by atoms with van der Waals surface area (Å²) in [6.45, 7) is 0. The molecule has 0 aliphatic heterocycles. The Hall–Kier alpha value is -0.850. The van der Waals surface area contributed by atoms with Gasteiger partial charge in [-0.25, -0.2) is 9.78 Å². The van der Waals surface area contributed by atoms with Crippen LogP contribution >= 0.6 is 22.6 Å². The van der Waals surface area contributed by atoms with E-state index < -0.39 is 5.97 Å². The molecule has 0 unspecified atom stereocenters. The summed E-state index contributed by atoms with van der Waals surface area (Å²) in [7, 11) is 1.33. The van der Waals surface area contributed by atoms with Crippen molar-refractivity contribution in [2.75, 3.05) is 11.7 Å². The van der Waals surface area contributed by atoms with Gasteiger partial charge in [-0.15, -0.1) is 0 Å². The van der Waals surface area contributed by atoms with Crippen LogP contribution in [0.15, 0.2) is 18.3 Å². The number of rotatable bonds is 3. The van der Waals surface area contributed by atoms with Gasteiger partial charge in [-0.3, -0.25) is 0 Å². The van der Waals surface area contributed by atoms with Gasteiger partial charge in [0, 0.05) is 12.3 Å². The fraction of sp³-hybridized carbons (Fsp3) is 0.250. The van der Waals surface area contributed by atoms with Gasteiger partial charge >= 0.3 is 5.97 Å². The smallest absolute Gasteiger partial charge is 0.339 e. The maximum atomic E-state index is 11.0. The van der Waals surface area contributed by atoms with E-state index in [1.54, 1.807) is 12.1 Å². The van der Waals surface area contributed by atoms with E-state index in [4.69, 9.17) is 4.74 Å². The summed E-state index contributed by atoms with van der Waals surface area (Å²) in [5.41, 5.74) is 0.420. The van der Waals surface area contributed by atoms with Gasteiger partial charge in [-0.05, 0) is 28.7 Å². The molecule has 1 rings (SSSR count). The van der Waals surface area contributed by atoms with Crippen molar-refractivity contribution in [2.45, 2.75) is 0 Å². The number of pyridine rings is 1. The van der Waals surface area contributed by atoms with E-state index in [9.17, 15) is 4.79 Å². The lowest BCUT2D eigenvalue weighted by atomic mass is 10.3. The zero-order chi connectivity index (χ0) is 9.68. The van der Waals surface area contributed by atoms with Crippen molar-refractivity contribution in [3.63, 3.8) is 0 Å². The number of methoxy groups -OCH3 is 1. The van der Waals surface area contributed by atoms with Crippen LogP contribution in [-0.2, 0) is 4.74 Å². The molecule has 4 nitrogen and oxygen atoms in total. The molecule has 1 heterocycles. The summed E-state index contributed by atoms with van der Waals surface area (Å²) in [4.78, 5) is 14.9. The predicted octanol–water partition coefficient (Wildman–Crippen LogP) is 1.64. The van der Waals surface area contributed by atoms with Crippen molar-refractivity contribution in [2.24, 2.45) is 0 Å². The summed E-state index contributed by atoms with van der Waals surface area (Å²) in [6, 6.07) is 3.24. The maximum absolute atomic E-state index is 11.0. The Morgan fingerprint density at radius 1 is 1.62 bits per heavy atom. The number of hydrogen-bond acceptors (Lipinski definition) is 4. The molecule has 0 atom stereocenters. The van der Waals surface area contributed by atoms with Crippen LogP contribution < -0.4 is 4.74 Å². The number of carbonyl (C=O) groups is 1. The molecule has 0 aliphatic rings. The van der Waals surface area contributed by atoms with Gasteiger partial charge in [0.25, 0.3) is 0 Å². The normalized spacial score (nSPS) is 9.38. The first-order valence-electron chi connectivity index (χ1n) is 3.51. The topological polar surface area (TPSA) is 48.4 Å². The average Bonchev–Trinajstić information content (AvgIpc) is 2.18. The molecule has 1 aromatic heterocycles. The molecule has 13 heavy (non-hydrogen) atoms. The Bertz CT molecular complexity index is 286. The first-order valence-corrected chi connectivity index (χ1v) is 5.03. The molecule has 0 fully saturated rings. The van der Waals surface area contributed by atoms with Crippen molar-refractivity contribution in [1.82, 2.24) is 4.98 Å². The Balaban J connectivity index is 2.75. The molecule has 0 radical (unpaired) electrons. The van der Waals surface area contributed by atoms with E-state index in [2.05, 4.69) is 32.3 Å². The molecular weight excluding hydrogens is 285 g/mol. The monoisotopic (exact) mass is 293 g/mol. The number of halogens is 1. The second kappa shape index (κ2) is 5.00. The second-order valence-corrected chi connectivity index (χ2v) is 2.75. The number of nitrogens with zero attached hydrogens (tertiary/aromatic N) is 1. The minimum absolute atomic E-state index is 0.395. The van der Waals surface area contributed by atoms with E-state index in [-0.39, 0.29) is 0 Å². The van der Waals surface area contributed by atoms with E-state index in [1.807, 2.05) is 0 Å². The number of hydrogen-bond donors (Lipinski definition) is 0. The number of esters is 1. The van der Waals surface area contributed by atoms with Gasteiger partial charge in [-0.1, -0.05) is 0 Å². The lowest BCUT2D eigenvalue weighted by Crippen LogP contribution is -2.02. The minimum Gasteiger partial charge on any atom is -0.467 e. The molecule has 0 aromatic carbocycles. The van der Waals surface area contributed by atoms with Crippen molar-refractivity contribution in [3.05, 3.63) is 23.9 Å². The van der Waals surface area contributed by atoms with E-state index in [1.165, 1.54) is 13.3 Å². The zero-order valence-corrected chi connectivity index (χ0v) is 9.15. The number of carbonyl (C=O) groups excluding carboxylic acids is 1. The summed E-state index contributed by atoms with van der Waals surface area (Å²) < 4.78 is 10.1. The van der Waals surface area contributed by atoms with Gasteiger partial charge in [-0.2, -0.15) is 0 Å². The van der Waals surface area contributed by atoms with Crippen molar-refractivity contribution in [3.8, 4) is 5.88 Å². The third-order valence-corrected chi connectivity index (χ3v) is 1.67. The highest BCUT2D eigenvalue weighted by Gasteiger charge is 2.04. The van der Waals surface area contributed by atoms with Gasteiger partial charge in [0.1, 0.15) is 4.61 Å². The van der Waals surface area contributed by atoms with E-state index >= 15 is 0 Å². The number of ether oxygens (including phenoxy) is 2. The van der Waals surface area contributed by atoms with Crippen LogP contribution in [0.3, 0.4) is 0 Å². The maximum Gasteiger partial charge on any atom is 0.339 e. The molecule has 0 amide bonds. The van der Waals surface area contributed by atoms with Crippen molar-refractivity contribution in [1.29, 1.82) is 0 Å². The molecule has 0 bridgehead atoms.